The van der Waals surface area contributed by atoms with Gasteiger partial charge in [-0.1, -0.05) is 17.3 Å². The highest BCUT2D eigenvalue weighted by atomic mass is 16.5. The molecule has 0 saturated carbocycles. The molecule has 0 atom stereocenters. The van der Waals surface area contributed by atoms with Crippen LogP contribution >= 0.6 is 0 Å². The molecule has 5 rings (SSSR count). The van der Waals surface area contributed by atoms with E-state index in [2.05, 4.69) is 21.2 Å². The molecule has 0 fully saturated rings. The second-order valence-electron chi connectivity index (χ2n) is 6.51. The van der Waals surface area contributed by atoms with Crippen molar-refractivity contribution in [3.63, 3.8) is 0 Å². The molecule has 6 heteroatoms. The van der Waals surface area contributed by atoms with Crippen LogP contribution in [-0.2, 0) is 24.2 Å². The molecule has 4 heterocycles. The van der Waals surface area contributed by atoms with E-state index in [1.807, 2.05) is 41.3 Å². The second kappa shape index (κ2) is 5.91. The van der Waals surface area contributed by atoms with Gasteiger partial charge in [-0.15, -0.1) is 0 Å². The van der Waals surface area contributed by atoms with Crippen molar-refractivity contribution in [2.24, 2.45) is 0 Å². The molecule has 0 aliphatic carbocycles. The molecule has 0 bridgehead atoms. The van der Waals surface area contributed by atoms with Crippen LogP contribution in [0.4, 0.5) is 0 Å². The largest absolute Gasteiger partial charge is 0.356 e. The fourth-order valence-electron chi connectivity index (χ4n) is 3.50. The Bertz CT molecular complexity index is 1140. The van der Waals surface area contributed by atoms with Crippen molar-refractivity contribution in [3.05, 3.63) is 65.6 Å². The molecule has 3 aromatic heterocycles. The van der Waals surface area contributed by atoms with Gasteiger partial charge in [0.1, 0.15) is 5.69 Å². The Labute approximate surface area is 149 Å². The monoisotopic (exact) mass is 344 g/mol. The first kappa shape index (κ1) is 15.0. The number of carbonyl (C=O) groups excluding carboxylic acids is 1. The van der Waals surface area contributed by atoms with E-state index in [4.69, 9.17) is 4.52 Å². The number of nitrogens with zero attached hydrogens (tertiary/aromatic N) is 4. The quantitative estimate of drug-likeness (QED) is 0.559. The van der Waals surface area contributed by atoms with Gasteiger partial charge in [-0.2, -0.15) is 0 Å². The summed E-state index contributed by atoms with van der Waals surface area (Å²) < 4.78 is 5.30. The molecule has 26 heavy (non-hydrogen) atoms. The number of benzene rings is 1. The van der Waals surface area contributed by atoms with Gasteiger partial charge in [0.05, 0.1) is 6.42 Å². The zero-order chi connectivity index (χ0) is 17.5. The Kier molecular flexibility index (Phi) is 3.41. The summed E-state index contributed by atoms with van der Waals surface area (Å²) in [5.74, 6) is 0.0565. The second-order valence-corrected chi connectivity index (χ2v) is 6.51. The predicted octanol–water partition coefficient (Wildman–Crippen LogP) is 2.90. The lowest BCUT2D eigenvalue weighted by molar-refractivity contribution is -0.131. The van der Waals surface area contributed by atoms with Gasteiger partial charge in [-0.3, -0.25) is 4.79 Å². The predicted molar refractivity (Wildman–Crippen MR) is 96.4 cm³/mol. The summed E-state index contributed by atoms with van der Waals surface area (Å²) in [6.45, 7) is 1.23. The number of amides is 1. The molecule has 0 spiro atoms. The molecule has 1 aromatic carbocycles. The van der Waals surface area contributed by atoms with E-state index in [1.54, 1.807) is 6.20 Å². The van der Waals surface area contributed by atoms with Gasteiger partial charge in [0.25, 0.3) is 0 Å². The number of pyridine rings is 2. The van der Waals surface area contributed by atoms with E-state index in [9.17, 15) is 4.79 Å². The highest BCUT2D eigenvalue weighted by molar-refractivity contribution is 5.86. The standard InChI is InChI=1S/C20H16N4O2/c25-19(11-17-15-5-1-2-6-18(15)26-23-17)24-9-7-16-14(12-24)10-13-4-3-8-21-20(13)22-16/h1-6,8,10H,7,9,11-12H2. The van der Waals surface area contributed by atoms with Gasteiger partial charge in [-0.05, 0) is 35.9 Å². The van der Waals surface area contributed by atoms with Gasteiger partial charge in [0.2, 0.25) is 5.91 Å². The summed E-state index contributed by atoms with van der Waals surface area (Å²) in [7, 11) is 0. The van der Waals surface area contributed by atoms with Gasteiger partial charge < -0.3 is 9.42 Å². The van der Waals surface area contributed by atoms with Gasteiger partial charge in [0, 0.05) is 42.2 Å². The lowest BCUT2D eigenvalue weighted by atomic mass is 10.0. The maximum atomic E-state index is 12.8. The zero-order valence-corrected chi connectivity index (χ0v) is 14.1. The molecule has 128 valence electrons. The number of hydrogen-bond acceptors (Lipinski definition) is 5. The van der Waals surface area contributed by atoms with Crippen LogP contribution in [0.15, 0.2) is 53.2 Å². The average molecular weight is 344 g/mol. The number of rotatable bonds is 2. The fourth-order valence-corrected chi connectivity index (χ4v) is 3.50. The highest BCUT2D eigenvalue weighted by Crippen LogP contribution is 2.23. The van der Waals surface area contributed by atoms with Crippen molar-refractivity contribution in [2.75, 3.05) is 6.54 Å². The molecule has 0 radical (unpaired) electrons. The molecular formula is C20H16N4O2. The fraction of sp³-hybridized carbons (Fsp3) is 0.200. The van der Waals surface area contributed by atoms with E-state index in [1.165, 1.54) is 0 Å². The van der Waals surface area contributed by atoms with Gasteiger partial charge >= 0.3 is 0 Å². The number of hydrogen-bond donors (Lipinski definition) is 0. The summed E-state index contributed by atoms with van der Waals surface area (Å²) in [5, 5.41) is 5.98. The van der Waals surface area contributed by atoms with Crippen LogP contribution in [0.5, 0.6) is 0 Å². The first-order chi connectivity index (χ1) is 12.8. The molecule has 1 aliphatic heterocycles. The van der Waals surface area contributed by atoms with E-state index in [0.29, 0.717) is 24.4 Å². The van der Waals surface area contributed by atoms with E-state index in [-0.39, 0.29) is 12.3 Å². The third-order valence-electron chi connectivity index (χ3n) is 4.86. The molecule has 4 aromatic rings. The number of aromatic nitrogens is 3. The van der Waals surface area contributed by atoms with E-state index < -0.39 is 0 Å². The summed E-state index contributed by atoms with van der Waals surface area (Å²) in [6.07, 6.45) is 2.74. The van der Waals surface area contributed by atoms with Crippen LogP contribution in [0.2, 0.25) is 0 Å². The van der Waals surface area contributed by atoms with E-state index >= 15 is 0 Å². The zero-order valence-electron chi connectivity index (χ0n) is 14.1. The molecule has 0 unspecified atom stereocenters. The van der Waals surface area contributed by atoms with E-state index in [0.717, 1.165) is 34.1 Å². The topological polar surface area (TPSA) is 72.1 Å². The van der Waals surface area contributed by atoms with Crippen molar-refractivity contribution < 1.29 is 9.32 Å². The van der Waals surface area contributed by atoms with Crippen LogP contribution < -0.4 is 0 Å². The molecule has 0 saturated heterocycles. The number of carbonyl (C=O) groups is 1. The minimum absolute atomic E-state index is 0.0565. The first-order valence-electron chi connectivity index (χ1n) is 8.62. The Morgan fingerprint density at radius 2 is 2.12 bits per heavy atom. The summed E-state index contributed by atoms with van der Waals surface area (Å²) >= 11 is 0. The third kappa shape index (κ3) is 2.50. The third-order valence-corrected chi connectivity index (χ3v) is 4.86. The average Bonchev–Trinajstić information content (AvgIpc) is 3.09. The van der Waals surface area contributed by atoms with Crippen LogP contribution in [0.25, 0.3) is 22.0 Å². The first-order valence-corrected chi connectivity index (χ1v) is 8.62. The molecule has 1 amide bonds. The van der Waals surface area contributed by atoms with Crippen molar-refractivity contribution in [2.45, 2.75) is 19.4 Å². The molecule has 1 aliphatic rings. The minimum atomic E-state index is 0.0565. The normalized spacial score (nSPS) is 13.9. The SMILES string of the molecule is O=C(Cc1noc2ccccc12)N1CCc2nc3ncccc3cc2C1. The summed E-state index contributed by atoms with van der Waals surface area (Å²) in [4.78, 5) is 23.6. The van der Waals surface area contributed by atoms with Crippen LogP contribution in [0.1, 0.15) is 17.0 Å². The number of para-hydroxylation sites is 1. The maximum Gasteiger partial charge on any atom is 0.229 e. The molecule has 6 nitrogen and oxygen atoms in total. The maximum absolute atomic E-state index is 12.8. The Morgan fingerprint density at radius 3 is 3.08 bits per heavy atom. The van der Waals surface area contributed by atoms with Crippen molar-refractivity contribution in [3.8, 4) is 0 Å². The van der Waals surface area contributed by atoms with Gasteiger partial charge in [-0.25, -0.2) is 9.97 Å². The number of fused-ring (bicyclic) bond motifs is 3. The van der Waals surface area contributed by atoms with Crippen molar-refractivity contribution >= 4 is 27.9 Å². The smallest absolute Gasteiger partial charge is 0.229 e. The Balaban J connectivity index is 1.40. The molecule has 0 N–H and O–H groups in total. The minimum Gasteiger partial charge on any atom is -0.356 e. The Hall–Kier alpha value is -3.28. The highest BCUT2D eigenvalue weighted by Gasteiger charge is 2.23. The Morgan fingerprint density at radius 1 is 1.19 bits per heavy atom. The summed E-state index contributed by atoms with van der Waals surface area (Å²) in [5.41, 5.74) is 4.29. The van der Waals surface area contributed by atoms with Crippen LogP contribution in [0.3, 0.4) is 0 Å². The van der Waals surface area contributed by atoms with Crippen LogP contribution in [0, 0.1) is 0 Å². The van der Waals surface area contributed by atoms with Crippen molar-refractivity contribution in [1.82, 2.24) is 20.0 Å². The lowest BCUT2D eigenvalue weighted by Gasteiger charge is -2.28. The van der Waals surface area contributed by atoms with Crippen LogP contribution in [-0.4, -0.2) is 32.5 Å². The van der Waals surface area contributed by atoms with Gasteiger partial charge in [0.15, 0.2) is 11.2 Å². The lowest BCUT2D eigenvalue weighted by Crippen LogP contribution is -2.37. The molecular weight excluding hydrogens is 328 g/mol. The van der Waals surface area contributed by atoms with Crippen molar-refractivity contribution in [1.29, 1.82) is 0 Å². The summed E-state index contributed by atoms with van der Waals surface area (Å²) in [6, 6.07) is 13.6.